The number of aliphatic carboxylic acids is 1. The van der Waals surface area contributed by atoms with Crippen LogP contribution in [-0.4, -0.2) is 32.2 Å². The molecule has 156 valence electrons. The minimum Gasteiger partial charge on any atom is -0.493 e. The van der Waals surface area contributed by atoms with Gasteiger partial charge in [0, 0.05) is 18.5 Å². The third-order valence-electron chi connectivity index (χ3n) is 4.38. The van der Waals surface area contributed by atoms with Crippen LogP contribution < -0.4 is 4.74 Å². The van der Waals surface area contributed by atoms with Gasteiger partial charge >= 0.3 is 12.1 Å². The van der Waals surface area contributed by atoms with Gasteiger partial charge < -0.3 is 14.4 Å². The molecule has 2 aromatic heterocycles. The average molecular weight is 418 g/mol. The van der Waals surface area contributed by atoms with Crippen LogP contribution in [0.2, 0.25) is 0 Å². The first-order valence-corrected chi connectivity index (χ1v) is 9.06. The number of aryl methyl sites for hydroxylation is 1. The topological polar surface area (TPSA) is 101 Å². The molecule has 0 fully saturated rings. The second-order valence-corrected chi connectivity index (χ2v) is 6.41. The fourth-order valence-corrected chi connectivity index (χ4v) is 3.06. The number of aromatic nitrogens is 3. The SMILES string of the molecule is CCOc1ccc(-c2cc3c(ncn3CCCC(=O)O)c(C#N)n2)cc1C(F)(F)F. The van der Waals surface area contributed by atoms with E-state index in [1.165, 1.54) is 18.5 Å². The number of carboxylic acid groups (broad SMARTS) is 1. The first kappa shape index (κ1) is 21.1. The number of ether oxygens (including phenoxy) is 1. The first-order chi connectivity index (χ1) is 14.2. The number of carbonyl (C=O) groups is 1. The van der Waals surface area contributed by atoms with Gasteiger partial charge in [0.25, 0.3) is 0 Å². The Balaban J connectivity index is 2.09. The molecule has 0 spiro atoms. The fraction of sp³-hybridized carbons (Fsp3) is 0.300. The Labute approximate surface area is 169 Å². The van der Waals surface area contributed by atoms with Crippen LogP contribution in [0.1, 0.15) is 31.0 Å². The zero-order valence-corrected chi connectivity index (χ0v) is 15.9. The van der Waals surface area contributed by atoms with Gasteiger partial charge in [0.15, 0.2) is 5.69 Å². The van der Waals surface area contributed by atoms with Crippen molar-refractivity contribution in [3.8, 4) is 23.1 Å². The van der Waals surface area contributed by atoms with Crippen molar-refractivity contribution in [3.63, 3.8) is 0 Å². The smallest absolute Gasteiger partial charge is 0.419 e. The second kappa shape index (κ2) is 8.41. The van der Waals surface area contributed by atoms with Gasteiger partial charge in [-0.3, -0.25) is 4.79 Å². The molecule has 2 heterocycles. The number of pyridine rings is 1. The number of hydrogen-bond donors (Lipinski definition) is 1. The molecule has 0 radical (unpaired) electrons. The summed E-state index contributed by atoms with van der Waals surface area (Å²) in [4.78, 5) is 19.1. The molecule has 1 N–H and O–H groups in total. The molecule has 0 aliphatic heterocycles. The lowest BCUT2D eigenvalue weighted by atomic mass is 10.1. The molecule has 3 aromatic rings. The largest absolute Gasteiger partial charge is 0.493 e. The maximum atomic E-state index is 13.5. The predicted octanol–water partition coefficient (Wildman–Crippen LogP) is 4.25. The van der Waals surface area contributed by atoms with Crippen molar-refractivity contribution < 1.29 is 27.8 Å². The molecule has 0 aliphatic rings. The molecule has 0 unspecified atom stereocenters. The van der Waals surface area contributed by atoms with E-state index in [1.807, 2.05) is 6.07 Å². The summed E-state index contributed by atoms with van der Waals surface area (Å²) < 4.78 is 47.2. The molecule has 30 heavy (non-hydrogen) atoms. The lowest BCUT2D eigenvalue weighted by molar-refractivity contribution is -0.139. The number of benzene rings is 1. The van der Waals surface area contributed by atoms with Crippen LogP contribution in [0.15, 0.2) is 30.6 Å². The van der Waals surface area contributed by atoms with Crippen molar-refractivity contribution in [2.75, 3.05) is 6.61 Å². The van der Waals surface area contributed by atoms with Crippen molar-refractivity contribution in [2.24, 2.45) is 0 Å². The minimum atomic E-state index is -4.62. The van der Waals surface area contributed by atoms with Gasteiger partial charge in [-0.2, -0.15) is 18.4 Å². The van der Waals surface area contributed by atoms with Crippen molar-refractivity contribution in [3.05, 3.63) is 41.9 Å². The Morgan fingerprint density at radius 3 is 2.73 bits per heavy atom. The highest BCUT2D eigenvalue weighted by Gasteiger charge is 2.35. The monoisotopic (exact) mass is 418 g/mol. The second-order valence-electron chi connectivity index (χ2n) is 6.41. The standard InChI is InChI=1S/C20H17F3N4O3/c1-2-30-17-6-5-12(8-13(17)20(21,22)23)14-9-16-19(15(10-24)26-14)25-11-27(16)7-3-4-18(28)29/h5-6,8-9,11H,2-4,7H2,1H3,(H,28,29). The van der Waals surface area contributed by atoms with Gasteiger partial charge in [0.05, 0.1) is 29.7 Å². The molecule has 1 aromatic carbocycles. The average Bonchev–Trinajstić information content (AvgIpc) is 3.10. The number of halogens is 3. The molecule has 0 saturated carbocycles. The Morgan fingerprint density at radius 2 is 2.10 bits per heavy atom. The van der Waals surface area contributed by atoms with E-state index in [-0.39, 0.29) is 35.7 Å². The fourth-order valence-electron chi connectivity index (χ4n) is 3.06. The van der Waals surface area contributed by atoms with Crippen molar-refractivity contribution in [2.45, 2.75) is 32.5 Å². The van der Waals surface area contributed by atoms with Gasteiger partial charge in [-0.05, 0) is 37.6 Å². The molecule has 0 amide bonds. The molecule has 7 nitrogen and oxygen atoms in total. The van der Waals surface area contributed by atoms with Crippen LogP contribution in [0.5, 0.6) is 5.75 Å². The maximum Gasteiger partial charge on any atom is 0.419 e. The summed E-state index contributed by atoms with van der Waals surface area (Å²) in [6.45, 7) is 2.00. The van der Waals surface area contributed by atoms with E-state index >= 15 is 0 Å². The number of nitriles is 1. The van der Waals surface area contributed by atoms with Crippen LogP contribution in [-0.2, 0) is 17.5 Å². The van der Waals surface area contributed by atoms with Crippen molar-refractivity contribution in [1.82, 2.24) is 14.5 Å². The third kappa shape index (κ3) is 4.35. The lowest BCUT2D eigenvalue weighted by Gasteiger charge is -2.14. The Kier molecular flexibility index (Phi) is 5.91. The lowest BCUT2D eigenvalue weighted by Crippen LogP contribution is -2.09. The highest BCUT2D eigenvalue weighted by Crippen LogP contribution is 2.39. The summed E-state index contributed by atoms with van der Waals surface area (Å²) >= 11 is 0. The summed E-state index contributed by atoms with van der Waals surface area (Å²) in [6.07, 6.45) is -2.88. The van der Waals surface area contributed by atoms with E-state index in [1.54, 1.807) is 17.6 Å². The molecule has 0 saturated heterocycles. The van der Waals surface area contributed by atoms with Crippen LogP contribution in [0.4, 0.5) is 13.2 Å². The minimum absolute atomic E-state index is 0.0260. The Hall–Kier alpha value is -3.61. The van der Waals surface area contributed by atoms with Gasteiger partial charge in [-0.15, -0.1) is 0 Å². The Morgan fingerprint density at radius 1 is 1.33 bits per heavy atom. The molecule has 3 rings (SSSR count). The van der Waals surface area contributed by atoms with Crippen LogP contribution >= 0.6 is 0 Å². The van der Waals surface area contributed by atoms with Gasteiger partial charge in [-0.1, -0.05) is 0 Å². The van der Waals surface area contributed by atoms with Crippen LogP contribution in [0.25, 0.3) is 22.3 Å². The maximum absolute atomic E-state index is 13.5. The van der Waals surface area contributed by atoms with Crippen molar-refractivity contribution in [1.29, 1.82) is 5.26 Å². The number of rotatable bonds is 7. The zero-order valence-electron chi connectivity index (χ0n) is 15.9. The molecule has 0 aliphatic carbocycles. The van der Waals surface area contributed by atoms with Crippen LogP contribution in [0, 0.1) is 11.3 Å². The number of fused-ring (bicyclic) bond motifs is 1. The highest BCUT2D eigenvalue weighted by molar-refractivity contribution is 5.84. The van der Waals surface area contributed by atoms with E-state index in [9.17, 15) is 23.2 Å². The predicted molar refractivity (Wildman–Crippen MR) is 101 cm³/mol. The molecular weight excluding hydrogens is 401 g/mol. The van der Waals surface area contributed by atoms with Gasteiger partial charge in [-0.25, -0.2) is 9.97 Å². The normalized spacial score (nSPS) is 11.4. The van der Waals surface area contributed by atoms with E-state index in [0.29, 0.717) is 24.0 Å². The van der Waals surface area contributed by atoms with E-state index < -0.39 is 17.7 Å². The third-order valence-corrected chi connectivity index (χ3v) is 4.38. The van der Waals surface area contributed by atoms with Crippen LogP contribution in [0.3, 0.4) is 0 Å². The van der Waals surface area contributed by atoms with Crippen molar-refractivity contribution >= 4 is 17.0 Å². The Bertz CT molecular complexity index is 1130. The highest BCUT2D eigenvalue weighted by atomic mass is 19.4. The summed E-state index contributed by atoms with van der Waals surface area (Å²) in [5, 5.41) is 18.2. The molecule has 0 bridgehead atoms. The molecular formula is C20H17F3N4O3. The summed E-state index contributed by atoms with van der Waals surface area (Å²) in [7, 11) is 0. The summed E-state index contributed by atoms with van der Waals surface area (Å²) in [6, 6.07) is 7.06. The number of nitrogens with zero attached hydrogens (tertiary/aromatic N) is 4. The molecule has 10 heteroatoms. The summed E-state index contributed by atoms with van der Waals surface area (Å²) in [5.74, 6) is -1.22. The number of imidazole rings is 1. The van der Waals surface area contributed by atoms with Gasteiger partial charge in [0.2, 0.25) is 0 Å². The van der Waals surface area contributed by atoms with E-state index in [2.05, 4.69) is 9.97 Å². The number of carboxylic acids is 1. The molecule has 0 atom stereocenters. The number of hydrogen-bond acceptors (Lipinski definition) is 5. The number of alkyl halides is 3. The zero-order chi connectivity index (χ0) is 21.9. The van der Waals surface area contributed by atoms with Gasteiger partial charge in [0.1, 0.15) is 17.3 Å². The van der Waals surface area contributed by atoms with E-state index in [4.69, 9.17) is 9.84 Å². The summed E-state index contributed by atoms with van der Waals surface area (Å²) in [5.41, 5.74) is 0.178. The van der Waals surface area contributed by atoms with E-state index in [0.717, 1.165) is 6.07 Å². The first-order valence-electron chi connectivity index (χ1n) is 9.06. The quantitative estimate of drug-likeness (QED) is 0.616.